The Morgan fingerprint density at radius 3 is 2.88 bits per heavy atom. The molecule has 0 aliphatic heterocycles. The monoisotopic (exact) mass is 237 g/mol. The first-order valence-corrected chi connectivity index (χ1v) is 5.93. The number of carbonyl (C=O) groups excluding carboxylic acids is 1. The van der Waals surface area contributed by atoms with E-state index in [1.54, 1.807) is 11.9 Å². The van der Waals surface area contributed by atoms with Gasteiger partial charge < -0.3 is 10.6 Å². The van der Waals surface area contributed by atoms with Gasteiger partial charge in [-0.2, -0.15) is 5.10 Å². The summed E-state index contributed by atoms with van der Waals surface area (Å²) < 4.78 is 0. The zero-order valence-corrected chi connectivity index (χ0v) is 10.1. The van der Waals surface area contributed by atoms with Crippen LogP contribution in [-0.4, -0.2) is 39.6 Å². The second-order valence-corrected chi connectivity index (χ2v) is 4.92. The minimum Gasteiger partial charge on any atom is -0.338 e. The van der Waals surface area contributed by atoms with Gasteiger partial charge >= 0.3 is 0 Å². The van der Waals surface area contributed by atoms with Crippen LogP contribution in [0, 0.1) is 5.41 Å². The maximum Gasteiger partial charge on any atom is 0.223 e. The van der Waals surface area contributed by atoms with Crippen molar-refractivity contribution in [3.05, 3.63) is 12.2 Å². The molecule has 1 aliphatic rings. The highest BCUT2D eigenvalue weighted by Crippen LogP contribution is 2.43. The number of hydrogen-bond acceptors (Lipinski definition) is 4. The average Bonchev–Trinajstić information content (AvgIpc) is 2.75. The average molecular weight is 237 g/mol. The van der Waals surface area contributed by atoms with Crippen molar-refractivity contribution in [1.29, 1.82) is 0 Å². The molecule has 6 heteroatoms. The topological polar surface area (TPSA) is 87.9 Å². The molecule has 1 heterocycles. The highest BCUT2D eigenvalue weighted by Gasteiger charge is 2.38. The molecular formula is C11H19N5O. The molecule has 2 rings (SSSR count). The van der Waals surface area contributed by atoms with Gasteiger partial charge in [0.1, 0.15) is 12.2 Å². The fraction of sp³-hybridized carbons (Fsp3) is 0.727. The molecule has 0 unspecified atom stereocenters. The van der Waals surface area contributed by atoms with E-state index in [0.717, 1.165) is 12.8 Å². The van der Waals surface area contributed by atoms with E-state index >= 15 is 0 Å². The zero-order chi connectivity index (χ0) is 12.3. The molecule has 3 N–H and O–H groups in total. The Bertz CT molecular complexity index is 366. The van der Waals surface area contributed by atoms with Gasteiger partial charge in [-0.1, -0.05) is 6.42 Å². The summed E-state index contributed by atoms with van der Waals surface area (Å²) in [5, 5.41) is 6.51. The molecule has 0 saturated heterocycles. The second kappa shape index (κ2) is 4.83. The third-order valence-corrected chi connectivity index (χ3v) is 3.65. The van der Waals surface area contributed by atoms with Crippen molar-refractivity contribution in [3.63, 3.8) is 0 Å². The lowest BCUT2D eigenvalue weighted by Gasteiger charge is -2.41. The summed E-state index contributed by atoms with van der Waals surface area (Å²) in [4.78, 5) is 17.7. The van der Waals surface area contributed by atoms with Crippen molar-refractivity contribution in [2.24, 2.45) is 11.1 Å². The number of rotatable bonds is 5. The summed E-state index contributed by atoms with van der Waals surface area (Å²) in [5.41, 5.74) is 5.82. The Kier molecular flexibility index (Phi) is 3.42. The van der Waals surface area contributed by atoms with Crippen LogP contribution in [0.2, 0.25) is 0 Å². The Labute approximate surface area is 101 Å². The molecule has 1 saturated carbocycles. The minimum absolute atomic E-state index is 0.0623. The largest absolute Gasteiger partial charge is 0.338 e. The predicted octanol–water partition coefficient (Wildman–Crippen LogP) is 0.282. The lowest BCUT2D eigenvalue weighted by Crippen LogP contribution is -2.42. The number of nitrogens with one attached hydrogen (secondary N) is 1. The first-order chi connectivity index (χ1) is 8.15. The summed E-state index contributed by atoms with van der Waals surface area (Å²) in [6.45, 7) is 1.08. The molecule has 1 amide bonds. The molecule has 1 aliphatic carbocycles. The molecule has 94 valence electrons. The molecule has 6 nitrogen and oxygen atoms in total. The summed E-state index contributed by atoms with van der Waals surface area (Å²) in [6.07, 6.45) is 5.34. The maximum absolute atomic E-state index is 12.0. The Morgan fingerprint density at radius 1 is 1.65 bits per heavy atom. The summed E-state index contributed by atoms with van der Waals surface area (Å²) >= 11 is 0. The Morgan fingerprint density at radius 2 is 2.41 bits per heavy atom. The van der Waals surface area contributed by atoms with Crippen LogP contribution in [0.15, 0.2) is 6.33 Å². The van der Waals surface area contributed by atoms with E-state index in [-0.39, 0.29) is 11.3 Å². The third-order valence-electron chi connectivity index (χ3n) is 3.65. The predicted molar refractivity (Wildman–Crippen MR) is 62.8 cm³/mol. The number of nitrogens with two attached hydrogens (primary N) is 1. The number of H-pyrrole nitrogens is 1. The van der Waals surface area contributed by atoms with E-state index in [4.69, 9.17) is 5.73 Å². The van der Waals surface area contributed by atoms with Crippen LogP contribution < -0.4 is 5.73 Å². The molecule has 17 heavy (non-hydrogen) atoms. The van der Waals surface area contributed by atoms with Crippen LogP contribution in [0.5, 0.6) is 0 Å². The number of hydrogen-bond donors (Lipinski definition) is 2. The molecule has 0 radical (unpaired) electrons. The Balaban J connectivity index is 1.87. The van der Waals surface area contributed by atoms with Gasteiger partial charge in [-0.25, -0.2) is 4.98 Å². The maximum atomic E-state index is 12.0. The van der Waals surface area contributed by atoms with Gasteiger partial charge in [0.05, 0.1) is 6.54 Å². The second-order valence-electron chi connectivity index (χ2n) is 4.92. The molecule has 0 spiro atoms. The zero-order valence-electron chi connectivity index (χ0n) is 10.1. The van der Waals surface area contributed by atoms with E-state index in [2.05, 4.69) is 15.2 Å². The normalized spacial score (nSPS) is 17.5. The molecule has 0 bridgehead atoms. The van der Waals surface area contributed by atoms with E-state index in [1.807, 2.05) is 0 Å². The molecular weight excluding hydrogens is 218 g/mol. The molecule has 1 aromatic heterocycles. The number of aromatic nitrogens is 3. The van der Waals surface area contributed by atoms with E-state index in [0.29, 0.717) is 25.3 Å². The van der Waals surface area contributed by atoms with Crippen LogP contribution in [0.4, 0.5) is 0 Å². The fourth-order valence-electron chi connectivity index (χ4n) is 2.21. The molecule has 1 aromatic rings. The van der Waals surface area contributed by atoms with Crippen LogP contribution in [0.3, 0.4) is 0 Å². The van der Waals surface area contributed by atoms with Gasteiger partial charge in [-0.05, 0) is 24.8 Å². The SMILES string of the molecule is CN(Cc1ncn[nH]1)C(=O)CC1(CN)CCC1. The van der Waals surface area contributed by atoms with Gasteiger partial charge in [0.25, 0.3) is 0 Å². The van der Waals surface area contributed by atoms with Gasteiger partial charge in [0.15, 0.2) is 0 Å². The van der Waals surface area contributed by atoms with Crippen molar-refractivity contribution in [3.8, 4) is 0 Å². The smallest absolute Gasteiger partial charge is 0.223 e. The Hall–Kier alpha value is -1.43. The molecule has 0 aromatic carbocycles. The fourth-order valence-corrected chi connectivity index (χ4v) is 2.21. The first-order valence-electron chi connectivity index (χ1n) is 5.93. The lowest BCUT2D eigenvalue weighted by atomic mass is 9.66. The van der Waals surface area contributed by atoms with E-state index < -0.39 is 0 Å². The van der Waals surface area contributed by atoms with Crippen LogP contribution >= 0.6 is 0 Å². The van der Waals surface area contributed by atoms with Gasteiger partial charge in [-0.15, -0.1) is 0 Å². The minimum atomic E-state index is 0.0623. The van der Waals surface area contributed by atoms with Crippen LogP contribution in [0.1, 0.15) is 31.5 Å². The summed E-state index contributed by atoms with van der Waals surface area (Å²) in [6, 6.07) is 0. The van der Waals surface area contributed by atoms with Crippen molar-refractivity contribution < 1.29 is 4.79 Å². The van der Waals surface area contributed by atoms with E-state index in [9.17, 15) is 4.79 Å². The highest BCUT2D eigenvalue weighted by molar-refractivity contribution is 5.76. The quantitative estimate of drug-likeness (QED) is 0.770. The standard InChI is InChI=1S/C11H19N5O/c1-16(6-9-13-8-14-15-9)10(17)5-11(7-12)3-2-4-11/h8H,2-7,12H2,1H3,(H,13,14,15). The number of nitrogens with zero attached hydrogens (tertiary/aromatic N) is 3. The van der Waals surface area contributed by atoms with E-state index in [1.165, 1.54) is 12.7 Å². The number of aromatic amines is 1. The summed E-state index contributed by atoms with van der Waals surface area (Å²) in [7, 11) is 1.79. The number of amides is 1. The van der Waals surface area contributed by atoms with Crippen molar-refractivity contribution in [1.82, 2.24) is 20.1 Å². The van der Waals surface area contributed by atoms with Gasteiger partial charge in [-0.3, -0.25) is 9.89 Å². The van der Waals surface area contributed by atoms with Crippen LogP contribution in [0.25, 0.3) is 0 Å². The summed E-state index contributed by atoms with van der Waals surface area (Å²) in [5.74, 6) is 0.836. The first kappa shape index (κ1) is 12.0. The lowest BCUT2D eigenvalue weighted by molar-refractivity contribution is -0.134. The van der Waals surface area contributed by atoms with Gasteiger partial charge in [0.2, 0.25) is 5.91 Å². The molecule has 1 fully saturated rings. The van der Waals surface area contributed by atoms with Crippen molar-refractivity contribution >= 4 is 5.91 Å². The number of carbonyl (C=O) groups is 1. The van der Waals surface area contributed by atoms with Crippen molar-refractivity contribution in [2.45, 2.75) is 32.2 Å². The highest BCUT2D eigenvalue weighted by atomic mass is 16.2. The van der Waals surface area contributed by atoms with Crippen molar-refractivity contribution in [2.75, 3.05) is 13.6 Å². The van der Waals surface area contributed by atoms with Gasteiger partial charge in [0, 0.05) is 13.5 Å². The molecule has 0 atom stereocenters. The third kappa shape index (κ3) is 2.63. The van der Waals surface area contributed by atoms with Crippen LogP contribution in [-0.2, 0) is 11.3 Å².